The summed E-state index contributed by atoms with van der Waals surface area (Å²) >= 11 is 3.37. The number of hydrogen-bond donors (Lipinski definition) is 0. The molecule has 1 fully saturated rings. The van der Waals surface area contributed by atoms with Gasteiger partial charge in [0.2, 0.25) is 0 Å². The highest BCUT2D eigenvalue weighted by molar-refractivity contribution is 9.09. The first-order valence-corrected chi connectivity index (χ1v) is 8.56. The molecule has 1 saturated heterocycles. The molecule has 0 saturated carbocycles. The Hall–Kier alpha value is -0.880. The van der Waals surface area contributed by atoms with E-state index in [4.69, 9.17) is 4.74 Å². The van der Waals surface area contributed by atoms with Crippen molar-refractivity contribution < 1.29 is 4.74 Å². The lowest BCUT2D eigenvalue weighted by Crippen LogP contribution is -2.43. The highest BCUT2D eigenvalue weighted by atomic mass is 79.9. The monoisotopic (exact) mass is 357 g/mol. The Kier molecular flexibility index (Phi) is 5.43. The Labute approximate surface area is 134 Å². The summed E-state index contributed by atoms with van der Waals surface area (Å²) in [6.45, 7) is 8.47. The summed E-state index contributed by atoms with van der Waals surface area (Å²) in [5.41, 5.74) is -0.239. The van der Waals surface area contributed by atoms with Crippen LogP contribution in [0.1, 0.15) is 33.6 Å². The van der Waals surface area contributed by atoms with E-state index in [1.54, 1.807) is 17.0 Å². The number of anilines is 1. The van der Waals surface area contributed by atoms with Gasteiger partial charge in [-0.25, -0.2) is 4.98 Å². The van der Waals surface area contributed by atoms with Crippen LogP contribution < -0.4 is 10.5 Å². The molecule has 1 aliphatic heterocycles. The largest absolute Gasteiger partial charge is 0.377 e. The van der Waals surface area contributed by atoms with Crippen LogP contribution in [0.2, 0.25) is 0 Å². The summed E-state index contributed by atoms with van der Waals surface area (Å²) in [6, 6.07) is 0. The Bertz CT molecular complexity index is 516. The van der Waals surface area contributed by atoms with Gasteiger partial charge in [0, 0.05) is 36.4 Å². The number of piperidine rings is 1. The van der Waals surface area contributed by atoms with Gasteiger partial charge >= 0.3 is 0 Å². The molecule has 6 heteroatoms. The molecule has 118 valence electrons. The van der Waals surface area contributed by atoms with Gasteiger partial charge < -0.3 is 14.2 Å². The van der Waals surface area contributed by atoms with Crippen LogP contribution in [0, 0.1) is 0 Å². The molecule has 0 radical (unpaired) electrons. The summed E-state index contributed by atoms with van der Waals surface area (Å²) in [6.07, 6.45) is 5.66. The minimum Gasteiger partial charge on any atom is -0.377 e. The van der Waals surface area contributed by atoms with Gasteiger partial charge in [-0.1, -0.05) is 15.9 Å². The SMILES string of the molecule is CC(C)(C)n1ccnc(N2CCC(OCCBr)CC2)c1=O. The number of ether oxygens (including phenoxy) is 1. The molecule has 0 aromatic carbocycles. The first-order chi connectivity index (χ1) is 9.93. The van der Waals surface area contributed by atoms with Gasteiger partial charge in [0.1, 0.15) is 0 Å². The number of halogens is 1. The molecular weight excluding hydrogens is 334 g/mol. The van der Waals surface area contributed by atoms with E-state index < -0.39 is 0 Å². The lowest BCUT2D eigenvalue weighted by Gasteiger charge is -2.33. The van der Waals surface area contributed by atoms with Crippen molar-refractivity contribution >= 4 is 21.7 Å². The molecule has 1 aromatic heterocycles. The van der Waals surface area contributed by atoms with Gasteiger partial charge in [0.25, 0.3) is 5.56 Å². The molecule has 0 amide bonds. The van der Waals surface area contributed by atoms with E-state index in [0.29, 0.717) is 11.9 Å². The molecule has 0 spiro atoms. The zero-order valence-corrected chi connectivity index (χ0v) is 14.6. The Morgan fingerprint density at radius 1 is 1.38 bits per heavy atom. The Morgan fingerprint density at radius 3 is 2.62 bits per heavy atom. The summed E-state index contributed by atoms with van der Waals surface area (Å²) < 4.78 is 7.50. The first kappa shape index (κ1) is 16.5. The lowest BCUT2D eigenvalue weighted by molar-refractivity contribution is 0.0479. The number of rotatable bonds is 4. The van der Waals surface area contributed by atoms with Gasteiger partial charge in [-0.15, -0.1) is 0 Å². The number of aromatic nitrogens is 2. The zero-order chi connectivity index (χ0) is 15.5. The summed E-state index contributed by atoms with van der Waals surface area (Å²) in [5, 5.41) is 0.865. The highest BCUT2D eigenvalue weighted by Crippen LogP contribution is 2.18. The van der Waals surface area contributed by atoms with Crippen LogP contribution in [0.15, 0.2) is 17.2 Å². The average molecular weight is 358 g/mol. The Morgan fingerprint density at radius 2 is 2.05 bits per heavy atom. The maximum atomic E-state index is 12.6. The van der Waals surface area contributed by atoms with E-state index in [0.717, 1.165) is 37.9 Å². The van der Waals surface area contributed by atoms with Crippen molar-refractivity contribution in [3.63, 3.8) is 0 Å². The third kappa shape index (κ3) is 4.07. The molecule has 0 unspecified atom stereocenters. The van der Waals surface area contributed by atoms with E-state index in [1.165, 1.54) is 0 Å². The van der Waals surface area contributed by atoms with Crippen molar-refractivity contribution in [1.82, 2.24) is 9.55 Å². The average Bonchev–Trinajstić information content (AvgIpc) is 2.45. The van der Waals surface area contributed by atoms with Crippen molar-refractivity contribution in [3.8, 4) is 0 Å². The third-order valence-corrected chi connectivity index (χ3v) is 4.04. The summed E-state index contributed by atoms with van der Waals surface area (Å²) in [7, 11) is 0. The third-order valence-electron chi connectivity index (χ3n) is 3.72. The molecule has 0 aliphatic carbocycles. The standard InChI is InChI=1S/C15H24BrN3O2/c1-15(2,3)19-10-7-17-13(14(19)20)18-8-4-12(5-9-18)21-11-6-16/h7,10,12H,4-6,8-9,11H2,1-3H3. The van der Waals surface area contributed by atoms with Crippen molar-refractivity contribution in [3.05, 3.63) is 22.7 Å². The van der Waals surface area contributed by atoms with Crippen LogP contribution in [0.3, 0.4) is 0 Å². The normalized spacial score (nSPS) is 17.2. The highest BCUT2D eigenvalue weighted by Gasteiger charge is 2.24. The topological polar surface area (TPSA) is 47.4 Å². The van der Waals surface area contributed by atoms with Crippen LogP contribution in [-0.2, 0) is 10.3 Å². The predicted octanol–water partition coefficient (Wildman–Crippen LogP) is 2.38. The van der Waals surface area contributed by atoms with Crippen molar-refractivity contribution in [1.29, 1.82) is 0 Å². The second-order valence-electron chi connectivity index (χ2n) is 6.34. The minimum absolute atomic E-state index is 0.00942. The smallest absolute Gasteiger partial charge is 0.293 e. The molecule has 2 heterocycles. The van der Waals surface area contributed by atoms with Crippen LogP contribution in [0.4, 0.5) is 5.82 Å². The second kappa shape index (κ2) is 6.92. The predicted molar refractivity (Wildman–Crippen MR) is 88.5 cm³/mol. The number of nitrogens with zero attached hydrogens (tertiary/aromatic N) is 3. The van der Waals surface area contributed by atoms with Gasteiger partial charge in [-0.2, -0.15) is 0 Å². The van der Waals surface area contributed by atoms with Crippen LogP contribution in [0.25, 0.3) is 0 Å². The molecule has 0 N–H and O–H groups in total. The number of alkyl halides is 1. The molecule has 0 bridgehead atoms. The molecule has 1 aromatic rings. The first-order valence-electron chi connectivity index (χ1n) is 7.44. The van der Waals surface area contributed by atoms with Gasteiger partial charge in [-0.05, 0) is 33.6 Å². The fraction of sp³-hybridized carbons (Fsp3) is 0.733. The van der Waals surface area contributed by atoms with Gasteiger partial charge in [-0.3, -0.25) is 4.79 Å². The number of hydrogen-bond acceptors (Lipinski definition) is 4. The van der Waals surface area contributed by atoms with Crippen LogP contribution in [-0.4, -0.2) is 40.7 Å². The lowest BCUT2D eigenvalue weighted by atomic mass is 10.1. The van der Waals surface area contributed by atoms with Crippen LogP contribution >= 0.6 is 15.9 Å². The minimum atomic E-state index is -0.230. The quantitative estimate of drug-likeness (QED) is 0.776. The maximum absolute atomic E-state index is 12.6. The fourth-order valence-corrected chi connectivity index (χ4v) is 2.78. The molecule has 1 aliphatic rings. The molecule has 2 rings (SSSR count). The molecule has 21 heavy (non-hydrogen) atoms. The molecule has 0 atom stereocenters. The summed E-state index contributed by atoms with van der Waals surface area (Å²) in [5.74, 6) is 0.561. The van der Waals surface area contributed by atoms with Crippen molar-refractivity contribution in [2.45, 2.75) is 45.3 Å². The van der Waals surface area contributed by atoms with Gasteiger partial charge in [0.15, 0.2) is 5.82 Å². The summed E-state index contributed by atoms with van der Waals surface area (Å²) in [4.78, 5) is 19.0. The maximum Gasteiger partial charge on any atom is 0.293 e. The zero-order valence-electron chi connectivity index (χ0n) is 13.0. The van der Waals surface area contributed by atoms with E-state index in [-0.39, 0.29) is 11.1 Å². The van der Waals surface area contributed by atoms with E-state index >= 15 is 0 Å². The van der Waals surface area contributed by atoms with Gasteiger partial charge in [0.05, 0.1) is 12.7 Å². The molecular formula is C15H24BrN3O2. The second-order valence-corrected chi connectivity index (χ2v) is 7.14. The van der Waals surface area contributed by atoms with Crippen molar-refractivity contribution in [2.75, 3.05) is 29.9 Å². The van der Waals surface area contributed by atoms with Crippen LogP contribution in [0.5, 0.6) is 0 Å². The Balaban J connectivity index is 2.09. The van der Waals surface area contributed by atoms with E-state index in [9.17, 15) is 4.79 Å². The van der Waals surface area contributed by atoms with E-state index in [2.05, 4.69) is 25.8 Å². The van der Waals surface area contributed by atoms with Crippen molar-refractivity contribution in [2.24, 2.45) is 0 Å². The van der Waals surface area contributed by atoms with E-state index in [1.807, 2.05) is 20.8 Å². The molecule has 5 nitrogen and oxygen atoms in total. The fourth-order valence-electron chi connectivity index (χ4n) is 2.59.